The average molecular weight is 177 g/mol. The summed E-state index contributed by atoms with van der Waals surface area (Å²) in [4.78, 5) is 15.3. The van der Waals surface area contributed by atoms with Crippen LogP contribution < -0.4 is 11.1 Å². The minimum Gasteiger partial charge on any atom is -0.324 e. The zero-order chi connectivity index (χ0) is 9.31. The zero-order valence-electron chi connectivity index (χ0n) is 7.16. The molecule has 0 atom stereocenters. The van der Waals surface area contributed by atoms with E-state index in [9.17, 15) is 4.79 Å². The molecule has 0 aromatic carbocycles. The Morgan fingerprint density at radius 3 is 2.62 bits per heavy atom. The summed E-state index contributed by atoms with van der Waals surface area (Å²) in [5, 5.41) is 2.74. The summed E-state index contributed by atoms with van der Waals surface area (Å²) in [7, 11) is 0. The summed E-state index contributed by atoms with van der Waals surface area (Å²) in [6, 6.07) is 3.48. The van der Waals surface area contributed by atoms with E-state index in [4.69, 9.17) is 5.73 Å². The number of nitrogens with two attached hydrogens (primary N) is 1. The van der Waals surface area contributed by atoms with Crippen LogP contribution in [0.15, 0.2) is 24.5 Å². The second-order valence-electron chi connectivity index (χ2n) is 3.35. The summed E-state index contributed by atoms with van der Waals surface area (Å²) in [6.07, 6.45) is 4.82. The number of aromatic nitrogens is 1. The van der Waals surface area contributed by atoms with E-state index in [1.165, 1.54) is 0 Å². The van der Waals surface area contributed by atoms with Crippen LogP contribution in [0.4, 0.5) is 5.69 Å². The van der Waals surface area contributed by atoms with Gasteiger partial charge in [0.1, 0.15) is 0 Å². The molecule has 0 radical (unpaired) electrons. The van der Waals surface area contributed by atoms with E-state index in [1.54, 1.807) is 24.5 Å². The van der Waals surface area contributed by atoms with Crippen molar-refractivity contribution in [2.75, 3.05) is 5.32 Å². The number of carbonyl (C=O) groups is 1. The average Bonchev–Trinajstić information content (AvgIpc) is 2.87. The van der Waals surface area contributed by atoms with E-state index in [1.807, 2.05) is 0 Å². The predicted molar refractivity (Wildman–Crippen MR) is 49.0 cm³/mol. The Morgan fingerprint density at radius 1 is 1.46 bits per heavy atom. The zero-order valence-corrected chi connectivity index (χ0v) is 7.16. The van der Waals surface area contributed by atoms with Crippen LogP contribution in [0.25, 0.3) is 0 Å². The number of amides is 1. The van der Waals surface area contributed by atoms with Crippen LogP contribution in [0.3, 0.4) is 0 Å². The molecule has 3 N–H and O–H groups in total. The molecule has 1 amide bonds. The van der Waals surface area contributed by atoms with Crippen molar-refractivity contribution in [1.29, 1.82) is 0 Å². The van der Waals surface area contributed by atoms with Gasteiger partial charge < -0.3 is 11.1 Å². The Labute approximate surface area is 76.2 Å². The van der Waals surface area contributed by atoms with Crippen molar-refractivity contribution in [2.45, 2.75) is 18.4 Å². The van der Waals surface area contributed by atoms with Gasteiger partial charge in [0.05, 0.1) is 5.54 Å². The van der Waals surface area contributed by atoms with E-state index in [-0.39, 0.29) is 5.91 Å². The van der Waals surface area contributed by atoms with Gasteiger partial charge in [-0.25, -0.2) is 0 Å². The Bertz CT molecular complexity index is 319. The molecule has 4 nitrogen and oxygen atoms in total. The van der Waals surface area contributed by atoms with Gasteiger partial charge >= 0.3 is 0 Å². The normalized spacial score (nSPS) is 17.9. The summed E-state index contributed by atoms with van der Waals surface area (Å²) in [5.74, 6) is -0.0984. The Kier molecular flexibility index (Phi) is 1.77. The molecule has 1 aliphatic rings. The molecule has 1 aromatic heterocycles. The molecule has 13 heavy (non-hydrogen) atoms. The number of hydrogen-bond donors (Lipinski definition) is 2. The van der Waals surface area contributed by atoms with Gasteiger partial charge in [0.25, 0.3) is 0 Å². The highest BCUT2D eigenvalue weighted by molar-refractivity contribution is 5.99. The van der Waals surface area contributed by atoms with Crippen LogP contribution in [-0.4, -0.2) is 16.4 Å². The molecule has 1 fully saturated rings. The molecule has 1 heterocycles. The van der Waals surface area contributed by atoms with Gasteiger partial charge in [-0.05, 0) is 25.0 Å². The predicted octanol–water partition coefficient (Wildman–Crippen LogP) is 0.511. The van der Waals surface area contributed by atoms with Gasteiger partial charge in [0.15, 0.2) is 0 Å². The van der Waals surface area contributed by atoms with Crippen LogP contribution in [0, 0.1) is 0 Å². The highest BCUT2D eigenvalue weighted by Gasteiger charge is 2.45. The van der Waals surface area contributed by atoms with Crippen LogP contribution in [0.2, 0.25) is 0 Å². The molecule has 0 aliphatic heterocycles. The first kappa shape index (κ1) is 8.19. The molecule has 68 valence electrons. The lowest BCUT2D eigenvalue weighted by atomic mass is 10.2. The Balaban J connectivity index is 2.03. The number of pyridine rings is 1. The standard InChI is InChI=1S/C9H11N3O/c10-9(3-4-9)8(13)12-7-1-5-11-6-2-7/h1-2,5-6H,3-4,10H2,(H,11,12,13). The van der Waals surface area contributed by atoms with Gasteiger partial charge in [-0.3, -0.25) is 9.78 Å². The maximum Gasteiger partial charge on any atom is 0.244 e. The molecule has 4 heteroatoms. The maximum atomic E-state index is 11.4. The molecular weight excluding hydrogens is 166 g/mol. The highest BCUT2D eigenvalue weighted by Crippen LogP contribution is 2.33. The quantitative estimate of drug-likeness (QED) is 0.691. The van der Waals surface area contributed by atoms with Crippen LogP contribution >= 0.6 is 0 Å². The molecule has 0 bridgehead atoms. The van der Waals surface area contributed by atoms with Crippen LogP contribution in [0.1, 0.15) is 12.8 Å². The van der Waals surface area contributed by atoms with Gasteiger partial charge in [0, 0.05) is 18.1 Å². The number of carbonyl (C=O) groups excluding carboxylic acids is 1. The van der Waals surface area contributed by atoms with Gasteiger partial charge in [-0.1, -0.05) is 0 Å². The largest absolute Gasteiger partial charge is 0.324 e. The topological polar surface area (TPSA) is 68.0 Å². The Morgan fingerprint density at radius 2 is 2.08 bits per heavy atom. The van der Waals surface area contributed by atoms with Gasteiger partial charge in [-0.2, -0.15) is 0 Å². The maximum absolute atomic E-state index is 11.4. The van der Waals surface area contributed by atoms with Crippen molar-refractivity contribution >= 4 is 11.6 Å². The fourth-order valence-corrected chi connectivity index (χ4v) is 1.05. The van der Waals surface area contributed by atoms with Gasteiger partial charge in [-0.15, -0.1) is 0 Å². The number of anilines is 1. The van der Waals surface area contributed by atoms with Gasteiger partial charge in [0.2, 0.25) is 5.91 Å². The first-order chi connectivity index (χ1) is 6.21. The van der Waals surface area contributed by atoms with E-state index in [2.05, 4.69) is 10.3 Å². The fraction of sp³-hybridized carbons (Fsp3) is 0.333. The minimum atomic E-state index is -0.608. The first-order valence-corrected chi connectivity index (χ1v) is 4.21. The van der Waals surface area contributed by atoms with Crippen molar-refractivity contribution in [3.05, 3.63) is 24.5 Å². The Hall–Kier alpha value is -1.42. The second-order valence-corrected chi connectivity index (χ2v) is 3.35. The minimum absolute atomic E-state index is 0.0984. The van der Waals surface area contributed by atoms with E-state index < -0.39 is 5.54 Å². The SMILES string of the molecule is NC1(C(=O)Nc2ccncc2)CC1. The third-order valence-electron chi connectivity index (χ3n) is 2.18. The smallest absolute Gasteiger partial charge is 0.244 e. The number of rotatable bonds is 2. The van der Waals surface area contributed by atoms with E-state index in [0.717, 1.165) is 18.5 Å². The third kappa shape index (κ3) is 1.67. The molecule has 1 aromatic rings. The summed E-state index contributed by atoms with van der Waals surface area (Å²) in [6.45, 7) is 0. The molecule has 1 aliphatic carbocycles. The monoisotopic (exact) mass is 177 g/mol. The summed E-state index contributed by atoms with van der Waals surface area (Å²) >= 11 is 0. The lowest BCUT2D eigenvalue weighted by Gasteiger charge is -2.08. The lowest BCUT2D eigenvalue weighted by molar-refractivity contribution is -0.118. The molecule has 0 spiro atoms. The summed E-state index contributed by atoms with van der Waals surface area (Å²) in [5.41, 5.74) is 5.85. The molecule has 2 rings (SSSR count). The fourth-order valence-electron chi connectivity index (χ4n) is 1.05. The van der Waals surface area contributed by atoms with Crippen molar-refractivity contribution in [1.82, 2.24) is 4.98 Å². The third-order valence-corrected chi connectivity index (χ3v) is 2.18. The molecule has 0 unspecified atom stereocenters. The van der Waals surface area contributed by atoms with Crippen LogP contribution in [0.5, 0.6) is 0 Å². The lowest BCUT2D eigenvalue weighted by Crippen LogP contribution is -2.37. The van der Waals surface area contributed by atoms with Crippen molar-refractivity contribution in [3.8, 4) is 0 Å². The van der Waals surface area contributed by atoms with E-state index >= 15 is 0 Å². The number of hydrogen-bond acceptors (Lipinski definition) is 3. The van der Waals surface area contributed by atoms with E-state index in [0.29, 0.717) is 0 Å². The first-order valence-electron chi connectivity index (χ1n) is 4.21. The molecular formula is C9H11N3O. The van der Waals surface area contributed by atoms with Crippen molar-refractivity contribution in [3.63, 3.8) is 0 Å². The second kappa shape index (κ2) is 2.81. The van der Waals surface area contributed by atoms with Crippen molar-refractivity contribution < 1.29 is 4.79 Å². The number of nitrogens with one attached hydrogen (secondary N) is 1. The van der Waals surface area contributed by atoms with Crippen molar-refractivity contribution in [2.24, 2.45) is 5.73 Å². The van der Waals surface area contributed by atoms with Crippen LogP contribution in [-0.2, 0) is 4.79 Å². The highest BCUT2D eigenvalue weighted by atomic mass is 16.2. The summed E-state index contributed by atoms with van der Waals surface area (Å²) < 4.78 is 0. The molecule has 0 saturated heterocycles. The number of nitrogens with zero attached hydrogens (tertiary/aromatic N) is 1. The molecule has 1 saturated carbocycles.